The zero-order valence-electron chi connectivity index (χ0n) is 14.1. The number of nitrogens with one attached hydrogen (secondary N) is 2. The van der Waals surface area contributed by atoms with Crippen molar-refractivity contribution in [3.05, 3.63) is 57.8 Å². The molecule has 1 aromatic carbocycles. The third kappa shape index (κ3) is 4.74. The van der Waals surface area contributed by atoms with Crippen molar-refractivity contribution >= 4 is 40.7 Å². The molecule has 2 aromatic rings. The minimum Gasteiger partial charge on any atom is -0.349 e. The van der Waals surface area contributed by atoms with Gasteiger partial charge in [0.05, 0.1) is 10.7 Å². The average Bonchev–Trinajstić information content (AvgIpc) is 2.65. The first-order valence-corrected chi connectivity index (χ1v) is 9.32. The molecule has 0 aliphatic heterocycles. The summed E-state index contributed by atoms with van der Waals surface area (Å²) in [5.74, 6) is -0.643. The predicted octanol–water partition coefficient (Wildman–Crippen LogP) is 4.70. The van der Waals surface area contributed by atoms with E-state index in [1.165, 1.54) is 18.7 Å². The number of pyridine rings is 1. The molecule has 0 spiro atoms. The lowest BCUT2D eigenvalue weighted by molar-refractivity contribution is 0.0927. The van der Waals surface area contributed by atoms with Gasteiger partial charge >= 0.3 is 0 Å². The van der Waals surface area contributed by atoms with E-state index in [0.29, 0.717) is 21.3 Å². The molecule has 0 unspecified atom stereocenters. The van der Waals surface area contributed by atoms with Crippen LogP contribution in [0.15, 0.2) is 36.5 Å². The van der Waals surface area contributed by atoms with Crippen molar-refractivity contribution in [2.45, 2.75) is 38.1 Å². The van der Waals surface area contributed by atoms with E-state index in [1.807, 2.05) is 0 Å². The van der Waals surface area contributed by atoms with Crippen molar-refractivity contribution in [3.8, 4) is 0 Å². The maximum absolute atomic E-state index is 12.4. The molecule has 3 rings (SSSR count). The van der Waals surface area contributed by atoms with Crippen molar-refractivity contribution in [3.63, 3.8) is 0 Å². The maximum atomic E-state index is 12.4. The van der Waals surface area contributed by atoms with Crippen molar-refractivity contribution in [2.75, 3.05) is 5.32 Å². The number of halogens is 2. The summed E-state index contributed by atoms with van der Waals surface area (Å²) < 4.78 is 0. The molecule has 2 N–H and O–H groups in total. The van der Waals surface area contributed by atoms with Crippen LogP contribution in [0.4, 0.5) is 5.69 Å². The molecule has 5 nitrogen and oxygen atoms in total. The zero-order chi connectivity index (χ0) is 18.5. The fraction of sp³-hybridized carbons (Fsp3) is 0.316. The van der Waals surface area contributed by atoms with Gasteiger partial charge in [0.15, 0.2) is 0 Å². The molecule has 1 heterocycles. The minimum atomic E-state index is -0.457. The number of benzene rings is 1. The molecule has 26 heavy (non-hydrogen) atoms. The van der Waals surface area contributed by atoms with Crippen LogP contribution in [0.3, 0.4) is 0 Å². The van der Waals surface area contributed by atoms with E-state index in [0.717, 1.165) is 25.7 Å². The normalized spacial score (nSPS) is 14.7. The van der Waals surface area contributed by atoms with Gasteiger partial charge in [-0.25, -0.2) is 0 Å². The summed E-state index contributed by atoms with van der Waals surface area (Å²) in [7, 11) is 0. The molecule has 0 radical (unpaired) electrons. The standard InChI is InChI=1S/C19H19Cl2N3O2/c20-13-6-7-15(21)16(11-13)24-19(26)17-10-12(8-9-22-17)18(25)23-14-4-2-1-3-5-14/h6-11,14H,1-5H2,(H,23,25)(H,24,26). The van der Waals surface area contributed by atoms with Gasteiger partial charge in [-0.05, 0) is 43.2 Å². The molecule has 1 aliphatic carbocycles. The summed E-state index contributed by atoms with van der Waals surface area (Å²) in [6.07, 6.45) is 6.93. The van der Waals surface area contributed by atoms with Gasteiger partial charge in [0.2, 0.25) is 0 Å². The molecule has 2 amide bonds. The summed E-state index contributed by atoms with van der Waals surface area (Å²) >= 11 is 12.0. The Kier molecular flexibility index (Phi) is 6.12. The Morgan fingerprint density at radius 1 is 1.00 bits per heavy atom. The van der Waals surface area contributed by atoms with Crippen LogP contribution < -0.4 is 10.6 Å². The van der Waals surface area contributed by atoms with E-state index in [9.17, 15) is 9.59 Å². The number of carbonyl (C=O) groups excluding carboxylic acids is 2. The van der Waals surface area contributed by atoms with E-state index in [-0.39, 0.29) is 17.6 Å². The molecule has 0 bridgehead atoms. The predicted molar refractivity (Wildman–Crippen MR) is 103 cm³/mol. The molecule has 1 fully saturated rings. The summed E-state index contributed by atoms with van der Waals surface area (Å²) in [4.78, 5) is 28.9. The number of anilines is 1. The number of aromatic nitrogens is 1. The summed E-state index contributed by atoms with van der Waals surface area (Å²) in [6, 6.07) is 8.07. The Balaban J connectivity index is 1.70. The second-order valence-corrected chi connectivity index (χ2v) is 7.16. The minimum absolute atomic E-state index is 0.136. The molecule has 1 aromatic heterocycles. The van der Waals surface area contributed by atoms with Crippen LogP contribution >= 0.6 is 23.2 Å². The first kappa shape index (κ1) is 18.7. The largest absolute Gasteiger partial charge is 0.349 e. The van der Waals surface area contributed by atoms with Gasteiger partial charge in [-0.2, -0.15) is 0 Å². The van der Waals surface area contributed by atoms with Crippen molar-refractivity contribution in [1.82, 2.24) is 10.3 Å². The first-order chi connectivity index (χ1) is 12.5. The van der Waals surface area contributed by atoms with E-state index < -0.39 is 5.91 Å². The summed E-state index contributed by atoms with van der Waals surface area (Å²) in [5.41, 5.74) is 0.938. The lowest BCUT2D eigenvalue weighted by Crippen LogP contribution is -2.36. The van der Waals surface area contributed by atoms with Crippen molar-refractivity contribution in [1.29, 1.82) is 0 Å². The second-order valence-electron chi connectivity index (χ2n) is 6.32. The molecule has 136 valence electrons. The smallest absolute Gasteiger partial charge is 0.274 e. The summed E-state index contributed by atoms with van der Waals surface area (Å²) in [6.45, 7) is 0. The summed E-state index contributed by atoms with van der Waals surface area (Å²) in [5, 5.41) is 6.52. The third-order valence-corrected chi connectivity index (χ3v) is 4.94. The Morgan fingerprint density at radius 2 is 1.77 bits per heavy atom. The maximum Gasteiger partial charge on any atom is 0.274 e. The highest BCUT2D eigenvalue weighted by Gasteiger charge is 2.18. The van der Waals surface area contributed by atoms with Gasteiger partial charge in [-0.3, -0.25) is 14.6 Å². The van der Waals surface area contributed by atoms with E-state index in [2.05, 4.69) is 15.6 Å². The molecule has 1 saturated carbocycles. The van der Waals surface area contributed by atoms with Crippen LogP contribution in [0.5, 0.6) is 0 Å². The van der Waals surface area contributed by atoms with Crippen molar-refractivity contribution in [2.24, 2.45) is 0 Å². The number of hydrogen-bond acceptors (Lipinski definition) is 3. The van der Waals surface area contributed by atoms with Crippen molar-refractivity contribution < 1.29 is 9.59 Å². The van der Waals surface area contributed by atoms with Gasteiger partial charge in [0, 0.05) is 22.8 Å². The van der Waals surface area contributed by atoms with E-state index in [4.69, 9.17) is 23.2 Å². The number of nitrogens with zero attached hydrogens (tertiary/aromatic N) is 1. The lowest BCUT2D eigenvalue weighted by atomic mass is 9.95. The molecule has 0 saturated heterocycles. The topological polar surface area (TPSA) is 71.1 Å². The quantitative estimate of drug-likeness (QED) is 0.792. The third-order valence-electron chi connectivity index (χ3n) is 4.37. The van der Waals surface area contributed by atoms with Gasteiger partial charge < -0.3 is 10.6 Å². The average molecular weight is 392 g/mol. The van der Waals surface area contributed by atoms with E-state index >= 15 is 0 Å². The number of carbonyl (C=O) groups is 2. The highest BCUT2D eigenvalue weighted by atomic mass is 35.5. The van der Waals surface area contributed by atoms with Crippen LogP contribution in [0.25, 0.3) is 0 Å². The fourth-order valence-electron chi connectivity index (χ4n) is 2.99. The highest BCUT2D eigenvalue weighted by Crippen LogP contribution is 2.25. The molecule has 7 heteroatoms. The Hall–Kier alpha value is -2.11. The van der Waals surface area contributed by atoms with Gasteiger partial charge in [0.1, 0.15) is 5.69 Å². The van der Waals surface area contributed by atoms with Gasteiger partial charge in [0.25, 0.3) is 11.8 Å². The first-order valence-electron chi connectivity index (χ1n) is 8.56. The van der Waals surface area contributed by atoms with Crippen LogP contribution in [-0.2, 0) is 0 Å². The molecular formula is C19H19Cl2N3O2. The van der Waals surface area contributed by atoms with Crippen LogP contribution in [0.1, 0.15) is 53.0 Å². The van der Waals surface area contributed by atoms with Crippen LogP contribution in [0.2, 0.25) is 10.0 Å². The zero-order valence-corrected chi connectivity index (χ0v) is 15.6. The van der Waals surface area contributed by atoms with Gasteiger partial charge in [-0.1, -0.05) is 42.5 Å². The fourth-order valence-corrected chi connectivity index (χ4v) is 3.33. The molecular weight excluding hydrogens is 373 g/mol. The Labute approximate surface area is 162 Å². The molecule has 0 atom stereocenters. The second kappa shape index (κ2) is 8.52. The lowest BCUT2D eigenvalue weighted by Gasteiger charge is -2.22. The Morgan fingerprint density at radius 3 is 2.54 bits per heavy atom. The monoisotopic (exact) mass is 391 g/mol. The number of amides is 2. The van der Waals surface area contributed by atoms with Gasteiger partial charge in [-0.15, -0.1) is 0 Å². The SMILES string of the molecule is O=C(NC1CCCCC1)c1ccnc(C(=O)Nc2cc(Cl)ccc2Cl)c1. The van der Waals surface area contributed by atoms with Crippen LogP contribution in [0, 0.1) is 0 Å². The highest BCUT2D eigenvalue weighted by molar-refractivity contribution is 6.35. The Bertz CT molecular complexity index is 820. The van der Waals surface area contributed by atoms with Crippen LogP contribution in [-0.4, -0.2) is 22.8 Å². The molecule has 1 aliphatic rings. The number of hydrogen-bond donors (Lipinski definition) is 2. The van der Waals surface area contributed by atoms with E-state index in [1.54, 1.807) is 24.3 Å². The number of rotatable bonds is 4.